The van der Waals surface area contributed by atoms with Crippen molar-refractivity contribution in [3.8, 4) is 5.75 Å². The summed E-state index contributed by atoms with van der Waals surface area (Å²) in [4.78, 5) is 11.5. The molecule has 0 saturated heterocycles. The van der Waals surface area contributed by atoms with E-state index >= 15 is 0 Å². The average Bonchev–Trinajstić information content (AvgIpc) is 2.51. The second-order valence-corrected chi connectivity index (χ2v) is 4.07. The Kier molecular flexibility index (Phi) is 8.91. The maximum atomic E-state index is 11.5. The summed E-state index contributed by atoms with van der Waals surface area (Å²) in [6.45, 7) is 8.23. The van der Waals surface area contributed by atoms with Crippen molar-refractivity contribution in [2.75, 3.05) is 39.6 Å². The Bertz CT molecular complexity index is 413. The number of carbonyl (C=O) groups excluding carboxylic acids is 1. The summed E-state index contributed by atoms with van der Waals surface area (Å²) >= 11 is 0. The molecule has 0 N–H and O–H groups in total. The second-order valence-electron chi connectivity index (χ2n) is 4.07. The molecule has 0 bridgehead atoms. The molecule has 1 aromatic rings. The first-order valence-corrected chi connectivity index (χ1v) is 6.94. The Hall–Kier alpha value is -1.85. The van der Waals surface area contributed by atoms with Crippen LogP contribution in [0.5, 0.6) is 5.75 Å². The monoisotopic (exact) mass is 294 g/mol. The SMILES string of the molecule is C=CCOCCOCCOc1ccc(C(=O)OCC)cc1. The zero-order valence-electron chi connectivity index (χ0n) is 12.4. The molecule has 0 aliphatic heterocycles. The van der Waals surface area contributed by atoms with Crippen molar-refractivity contribution < 1.29 is 23.7 Å². The van der Waals surface area contributed by atoms with Crippen LogP contribution in [0.3, 0.4) is 0 Å². The minimum atomic E-state index is -0.327. The molecule has 116 valence electrons. The maximum absolute atomic E-state index is 11.5. The molecule has 0 aromatic heterocycles. The largest absolute Gasteiger partial charge is 0.491 e. The van der Waals surface area contributed by atoms with Gasteiger partial charge in [0.2, 0.25) is 0 Å². The van der Waals surface area contributed by atoms with Crippen LogP contribution in [0.15, 0.2) is 36.9 Å². The lowest BCUT2D eigenvalue weighted by atomic mass is 10.2. The van der Waals surface area contributed by atoms with Crippen LogP contribution >= 0.6 is 0 Å². The predicted molar refractivity (Wildman–Crippen MR) is 79.7 cm³/mol. The fourth-order valence-electron chi connectivity index (χ4n) is 1.51. The first-order valence-electron chi connectivity index (χ1n) is 6.94. The third kappa shape index (κ3) is 7.48. The minimum absolute atomic E-state index is 0.327. The molecule has 5 nitrogen and oxygen atoms in total. The van der Waals surface area contributed by atoms with Crippen LogP contribution in [0.4, 0.5) is 0 Å². The van der Waals surface area contributed by atoms with Gasteiger partial charge in [-0.05, 0) is 31.2 Å². The Morgan fingerprint density at radius 1 is 1.10 bits per heavy atom. The molecule has 1 aromatic carbocycles. The molecule has 0 fully saturated rings. The average molecular weight is 294 g/mol. The van der Waals surface area contributed by atoms with Crippen molar-refractivity contribution in [1.82, 2.24) is 0 Å². The molecule has 1 rings (SSSR count). The van der Waals surface area contributed by atoms with Gasteiger partial charge in [0.05, 0.1) is 38.6 Å². The highest BCUT2D eigenvalue weighted by Crippen LogP contribution is 2.12. The van der Waals surface area contributed by atoms with Gasteiger partial charge >= 0.3 is 5.97 Å². The Balaban J connectivity index is 2.15. The van der Waals surface area contributed by atoms with Crippen molar-refractivity contribution in [2.24, 2.45) is 0 Å². The van der Waals surface area contributed by atoms with E-state index in [0.717, 1.165) is 0 Å². The number of ether oxygens (including phenoxy) is 4. The zero-order valence-corrected chi connectivity index (χ0v) is 12.4. The van der Waals surface area contributed by atoms with Gasteiger partial charge in [0.1, 0.15) is 12.4 Å². The van der Waals surface area contributed by atoms with E-state index in [-0.39, 0.29) is 5.97 Å². The van der Waals surface area contributed by atoms with Gasteiger partial charge in [0, 0.05) is 0 Å². The summed E-state index contributed by atoms with van der Waals surface area (Å²) in [6.07, 6.45) is 1.70. The Morgan fingerprint density at radius 2 is 1.76 bits per heavy atom. The molecule has 0 aliphatic carbocycles. The van der Waals surface area contributed by atoms with Crippen molar-refractivity contribution >= 4 is 5.97 Å². The summed E-state index contributed by atoms with van der Waals surface area (Å²) in [5, 5.41) is 0. The van der Waals surface area contributed by atoms with Gasteiger partial charge in [-0.25, -0.2) is 4.79 Å². The fraction of sp³-hybridized carbons (Fsp3) is 0.438. The van der Waals surface area contributed by atoms with Gasteiger partial charge in [0.15, 0.2) is 0 Å². The van der Waals surface area contributed by atoms with Crippen LogP contribution in [0, 0.1) is 0 Å². The van der Waals surface area contributed by atoms with Crippen LogP contribution in [0.25, 0.3) is 0 Å². The van der Waals surface area contributed by atoms with Gasteiger partial charge in [0.25, 0.3) is 0 Å². The topological polar surface area (TPSA) is 54.0 Å². The second kappa shape index (κ2) is 10.9. The summed E-state index contributed by atoms with van der Waals surface area (Å²) < 4.78 is 20.9. The number of carbonyl (C=O) groups is 1. The molecule has 21 heavy (non-hydrogen) atoms. The summed E-state index contributed by atoms with van der Waals surface area (Å²) in [7, 11) is 0. The normalized spacial score (nSPS) is 10.1. The lowest BCUT2D eigenvalue weighted by molar-refractivity contribution is 0.0449. The standard InChI is InChI=1S/C16H22O5/c1-3-9-18-10-11-19-12-13-21-15-7-5-14(6-8-15)16(17)20-4-2/h3,5-8H,1,4,9-13H2,2H3. The molecule has 0 spiro atoms. The molecule has 0 heterocycles. The van der Waals surface area contributed by atoms with E-state index in [2.05, 4.69) is 6.58 Å². The van der Waals surface area contributed by atoms with Crippen LogP contribution in [0.2, 0.25) is 0 Å². The summed E-state index contributed by atoms with van der Waals surface area (Å²) in [6, 6.07) is 6.83. The van der Waals surface area contributed by atoms with E-state index in [1.165, 1.54) is 0 Å². The third-order valence-corrected chi connectivity index (χ3v) is 2.47. The molecule has 0 saturated carbocycles. The van der Waals surface area contributed by atoms with Gasteiger partial charge in [-0.15, -0.1) is 6.58 Å². The molecular formula is C16H22O5. The molecule has 0 amide bonds. The first kappa shape index (κ1) is 17.2. The quantitative estimate of drug-likeness (QED) is 0.356. The van der Waals surface area contributed by atoms with Crippen LogP contribution in [-0.4, -0.2) is 45.6 Å². The van der Waals surface area contributed by atoms with Gasteiger partial charge in [-0.1, -0.05) is 6.08 Å². The Labute approximate surface area is 125 Å². The Morgan fingerprint density at radius 3 is 2.43 bits per heavy atom. The number of hydrogen-bond acceptors (Lipinski definition) is 5. The van der Waals surface area contributed by atoms with Crippen LogP contribution in [0.1, 0.15) is 17.3 Å². The molecule has 5 heteroatoms. The van der Waals surface area contributed by atoms with Gasteiger partial charge in [-0.2, -0.15) is 0 Å². The zero-order chi connectivity index (χ0) is 15.3. The van der Waals surface area contributed by atoms with Crippen LogP contribution < -0.4 is 4.74 Å². The van der Waals surface area contributed by atoms with E-state index < -0.39 is 0 Å². The first-order chi connectivity index (χ1) is 10.3. The van der Waals surface area contributed by atoms with E-state index in [1.807, 2.05) is 0 Å². The van der Waals surface area contributed by atoms with Gasteiger partial charge < -0.3 is 18.9 Å². The molecule has 0 radical (unpaired) electrons. The number of benzene rings is 1. The predicted octanol–water partition coefficient (Wildman–Crippen LogP) is 2.46. The van der Waals surface area contributed by atoms with Crippen molar-refractivity contribution in [2.45, 2.75) is 6.92 Å². The van der Waals surface area contributed by atoms with Crippen LogP contribution in [-0.2, 0) is 14.2 Å². The van der Waals surface area contributed by atoms with Crippen molar-refractivity contribution in [3.63, 3.8) is 0 Å². The summed E-state index contributed by atoms with van der Waals surface area (Å²) in [5.41, 5.74) is 0.514. The number of esters is 1. The number of rotatable bonds is 11. The highest BCUT2D eigenvalue weighted by Gasteiger charge is 2.05. The van der Waals surface area contributed by atoms with E-state index in [1.54, 1.807) is 37.3 Å². The molecular weight excluding hydrogens is 272 g/mol. The fourth-order valence-corrected chi connectivity index (χ4v) is 1.51. The molecule has 0 unspecified atom stereocenters. The highest BCUT2D eigenvalue weighted by molar-refractivity contribution is 5.89. The smallest absolute Gasteiger partial charge is 0.338 e. The number of hydrogen-bond donors (Lipinski definition) is 0. The maximum Gasteiger partial charge on any atom is 0.338 e. The van der Waals surface area contributed by atoms with Gasteiger partial charge in [-0.3, -0.25) is 0 Å². The third-order valence-electron chi connectivity index (χ3n) is 2.47. The highest BCUT2D eigenvalue weighted by atomic mass is 16.5. The van der Waals surface area contributed by atoms with E-state index in [0.29, 0.717) is 51.0 Å². The van der Waals surface area contributed by atoms with E-state index in [9.17, 15) is 4.79 Å². The summed E-state index contributed by atoms with van der Waals surface area (Å²) in [5.74, 6) is 0.362. The molecule has 0 atom stereocenters. The van der Waals surface area contributed by atoms with Crippen molar-refractivity contribution in [1.29, 1.82) is 0 Å². The van der Waals surface area contributed by atoms with Crippen molar-refractivity contribution in [3.05, 3.63) is 42.5 Å². The lowest BCUT2D eigenvalue weighted by Crippen LogP contribution is -2.11. The molecule has 0 aliphatic rings. The minimum Gasteiger partial charge on any atom is -0.491 e. The van der Waals surface area contributed by atoms with E-state index in [4.69, 9.17) is 18.9 Å². The lowest BCUT2D eigenvalue weighted by Gasteiger charge is -2.08.